The van der Waals surface area contributed by atoms with Crippen LogP contribution in [-0.4, -0.2) is 25.6 Å². The van der Waals surface area contributed by atoms with Gasteiger partial charge in [0.05, 0.1) is 12.8 Å². The molecule has 0 saturated carbocycles. The Morgan fingerprint density at radius 2 is 2.00 bits per heavy atom. The number of methoxy groups -OCH3 is 1. The van der Waals surface area contributed by atoms with Crippen molar-refractivity contribution >= 4 is 23.2 Å². The van der Waals surface area contributed by atoms with E-state index >= 15 is 0 Å². The summed E-state index contributed by atoms with van der Waals surface area (Å²) in [7, 11) is 1.58. The second-order valence-electron chi connectivity index (χ2n) is 5.64. The molecule has 21 heavy (non-hydrogen) atoms. The second kappa shape index (κ2) is 8.13. The van der Waals surface area contributed by atoms with Gasteiger partial charge in [0, 0.05) is 17.6 Å². The highest BCUT2D eigenvalue weighted by Gasteiger charge is 2.15. The van der Waals surface area contributed by atoms with Gasteiger partial charge in [-0.1, -0.05) is 25.4 Å². The second-order valence-corrected chi connectivity index (χ2v) is 6.05. The Hall–Kier alpha value is -1.42. The summed E-state index contributed by atoms with van der Waals surface area (Å²) in [5.41, 5.74) is 1.71. The van der Waals surface area contributed by atoms with Gasteiger partial charge in [0.15, 0.2) is 0 Å². The molecule has 0 fully saturated rings. The summed E-state index contributed by atoms with van der Waals surface area (Å²) in [4.78, 5) is 12.0. The van der Waals surface area contributed by atoms with E-state index in [1.807, 2.05) is 19.9 Å². The van der Waals surface area contributed by atoms with Crippen LogP contribution < -0.4 is 15.4 Å². The Morgan fingerprint density at radius 1 is 1.33 bits per heavy atom. The lowest BCUT2D eigenvalue weighted by Crippen LogP contribution is -2.38. The molecule has 1 aromatic carbocycles. The van der Waals surface area contributed by atoms with Crippen LogP contribution in [0, 0.1) is 12.8 Å². The first-order valence-electron chi connectivity index (χ1n) is 7.23. The molecular weight excluding hydrogens is 288 g/mol. The molecule has 0 heterocycles. The topological polar surface area (TPSA) is 50.4 Å². The number of halogens is 1. The van der Waals surface area contributed by atoms with Gasteiger partial charge < -0.3 is 15.4 Å². The fourth-order valence-electron chi connectivity index (χ4n) is 1.88. The Kier molecular flexibility index (Phi) is 6.82. The maximum atomic E-state index is 12.0. The first kappa shape index (κ1) is 17.6. The van der Waals surface area contributed by atoms with Crippen LogP contribution in [0.3, 0.4) is 0 Å². The maximum Gasteiger partial charge on any atom is 0.242 e. The third kappa shape index (κ3) is 5.46. The van der Waals surface area contributed by atoms with E-state index in [9.17, 15) is 4.79 Å². The molecule has 1 atom stereocenters. The Labute approximate surface area is 132 Å². The molecule has 0 aliphatic heterocycles. The fourth-order valence-corrected chi connectivity index (χ4v) is 2.03. The van der Waals surface area contributed by atoms with Crippen molar-refractivity contribution < 1.29 is 9.53 Å². The molecule has 0 spiro atoms. The molecule has 1 rings (SSSR count). The van der Waals surface area contributed by atoms with Crippen LogP contribution in [0.5, 0.6) is 5.75 Å². The van der Waals surface area contributed by atoms with E-state index in [2.05, 4.69) is 24.5 Å². The van der Waals surface area contributed by atoms with Crippen LogP contribution in [0.4, 0.5) is 5.69 Å². The van der Waals surface area contributed by atoms with Gasteiger partial charge in [-0.2, -0.15) is 0 Å². The zero-order valence-corrected chi connectivity index (χ0v) is 14.2. The normalized spacial score (nSPS) is 12.1. The van der Waals surface area contributed by atoms with E-state index in [4.69, 9.17) is 16.3 Å². The van der Waals surface area contributed by atoms with Crippen molar-refractivity contribution in [2.24, 2.45) is 5.92 Å². The molecule has 118 valence electrons. The minimum absolute atomic E-state index is 0.0229. The van der Waals surface area contributed by atoms with E-state index < -0.39 is 0 Å². The number of amides is 1. The zero-order valence-electron chi connectivity index (χ0n) is 13.4. The molecule has 5 heteroatoms. The van der Waals surface area contributed by atoms with Crippen LogP contribution in [0.15, 0.2) is 12.1 Å². The lowest BCUT2D eigenvalue weighted by molar-refractivity contribution is -0.121. The predicted octanol–water partition coefficient (Wildman–Crippen LogP) is 3.62. The number of benzene rings is 1. The van der Waals surface area contributed by atoms with Crippen molar-refractivity contribution in [2.45, 2.75) is 40.2 Å². The average molecular weight is 313 g/mol. The van der Waals surface area contributed by atoms with Gasteiger partial charge in [0.1, 0.15) is 11.8 Å². The molecule has 1 amide bonds. The summed E-state index contributed by atoms with van der Waals surface area (Å²) in [6.45, 7) is 8.71. The van der Waals surface area contributed by atoms with E-state index in [0.29, 0.717) is 23.2 Å². The SMILES string of the molecule is COc1cc(Cl)c(C)cc1NC(C)C(=O)NCCC(C)C. The van der Waals surface area contributed by atoms with Gasteiger partial charge in [-0.05, 0) is 37.8 Å². The first-order chi connectivity index (χ1) is 9.85. The van der Waals surface area contributed by atoms with E-state index in [0.717, 1.165) is 17.7 Å². The van der Waals surface area contributed by atoms with Gasteiger partial charge in [-0.15, -0.1) is 0 Å². The standard InChI is InChI=1S/C16H25ClN2O2/c1-10(2)6-7-18-16(20)12(4)19-14-8-11(3)13(17)9-15(14)21-5/h8-10,12,19H,6-7H2,1-5H3,(H,18,20). The smallest absolute Gasteiger partial charge is 0.242 e. The monoisotopic (exact) mass is 312 g/mol. The minimum Gasteiger partial charge on any atom is -0.495 e. The summed E-state index contributed by atoms with van der Waals surface area (Å²) in [6.07, 6.45) is 0.974. The third-order valence-corrected chi connectivity index (χ3v) is 3.67. The number of aryl methyl sites for hydroxylation is 1. The minimum atomic E-state index is -0.341. The van der Waals surface area contributed by atoms with Gasteiger partial charge in [0.2, 0.25) is 5.91 Å². The summed E-state index contributed by atoms with van der Waals surface area (Å²) >= 11 is 6.07. The van der Waals surface area contributed by atoms with Crippen LogP contribution in [0.2, 0.25) is 5.02 Å². The highest BCUT2D eigenvalue weighted by molar-refractivity contribution is 6.31. The van der Waals surface area contributed by atoms with Crippen molar-refractivity contribution in [1.82, 2.24) is 5.32 Å². The first-order valence-corrected chi connectivity index (χ1v) is 7.61. The summed E-state index contributed by atoms with van der Waals surface area (Å²) in [5, 5.41) is 6.75. The fraction of sp³-hybridized carbons (Fsp3) is 0.562. The van der Waals surface area contributed by atoms with Crippen LogP contribution >= 0.6 is 11.6 Å². The number of nitrogens with one attached hydrogen (secondary N) is 2. The lowest BCUT2D eigenvalue weighted by Gasteiger charge is -2.18. The molecule has 0 aliphatic carbocycles. The Bertz CT molecular complexity index is 489. The number of carbonyl (C=O) groups excluding carboxylic acids is 1. The zero-order chi connectivity index (χ0) is 16.0. The highest BCUT2D eigenvalue weighted by Crippen LogP contribution is 2.31. The number of hydrogen-bond donors (Lipinski definition) is 2. The van der Waals surface area contributed by atoms with Crippen molar-refractivity contribution in [2.75, 3.05) is 19.0 Å². The Balaban J connectivity index is 2.67. The number of anilines is 1. The van der Waals surface area contributed by atoms with Crippen molar-refractivity contribution in [3.05, 3.63) is 22.7 Å². The van der Waals surface area contributed by atoms with Crippen LogP contribution in [0.1, 0.15) is 32.8 Å². The lowest BCUT2D eigenvalue weighted by atomic mass is 10.1. The summed E-state index contributed by atoms with van der Waals surface area (Å²) in [5.74, 6) is 1.19. The molecule has 0 bridgehead atoms. The molecule has 1 aromatic rings. The average Bonchev–Trinajstić information content (AvgIpc) is 2.41. The molecule has 0 aromatic heterocycles. The molecule has 4 nitrogen and oxygen atoms in total. The number of rotatable bonds is 7. The third-order valence-electron chi connectivity index (χ3n) is 3.27. The number of hydrogen-bond acceptors (Lipinski definition) is 3. The van der Waals surface area contributed by atoms with E-state index in [-0.39, 0.29) is 11.9 Å². The number of carbonyl (C=O) groups is 1. The molecule has 1 unspecified atom stereocenters. The molecule has 0 aliphatic rings. The van der Waals surface area contributed by atoms with Gasteiger partial charge >= 0.3 is 0 Å². The van der Waals surface area contributed by atoms with Crippen molar-refractivity contribution in [3.63, 3.8) is 0 Å². The molecule has 2 N–H and O–H groups in total. The maximum absolute atomic E-state index is 12.0. The van der Waals surface area contributed by atoms with Crippen molar-refractivity contribution in [1.29, 1.82) is 0 Å². The number of ether oxygens (including phenoxy) is 1. The molecular formula is C16H25ClN2O2. The van der Waals surface area contributed by atoms with E-state index in [1.54, 1.807) is 13.2 Å². The predicted molar refractivity (Wildman–Crippen MR) is 88.3 cm³/mol. The van der Waals surface area contributed by atoms with E-state index in [1.165, 1.54) is 0 Å². The quantitative estimate of drug-likeness (QED) is 0.808. The largest absolute Gasteiger partial charge is 0.495 e. The summed E-state index contributed by atoms with van der Waals surface area (Å²) in [6, 6.07) is 3.30. The Morgan fingerprint density at radius 3 is 2.57 bits per heavy atom. The van der Waals surface area contributed by atoms with Gasteiger partial charge in [0.25, 0.3) is 0 Å². The van der Waals surface area contributed by atoms with Crippen LogP contribution in [-0.2, 0) is 4.79 Å². The summed E-state index contributed by atoms with van der Waals surface area (Å²) < 4.78 is 5.30. The highest BCUT2D eigenvalue weighted by atomic mass is 35.5. The van der Waals surface area contributed by atoms with Gasteiger partial charge in [-0.25, -0.2) is 0 Å². The van der Waals surface area contributed by atoms with Crippen molar-refractivity contribution in [3.8, 4) is 5.75 Å². The molecule has 0 radical (unpaired) electrons. The molecule has 0 saturated heterocycles. The van der Waals surface area contributed by atoms with Gasteiger partial charge in [-0.3, -0.25) is 4.79 Å². The van der Waals surface area contributed by atoms with Crippen LogP contribution in [0.25, 0.3) is 0 Å².